The van der Waals surface area contributed by atoms with Crippen LogP contribution in [0, 0.1) is 63.6 Å². The lowest BCUT2D eigenvalue weighted by Crippen LogP contribution is -1.84. The molecule has 0 aliphatic heterocycles. The van der Waals surface area contributed by atoms with Crippen molar-refractivity contribution in [2.45, 2.75) is 6.92 Å². The highest BCUT2D eigenvalue weighted by Crippen LogP contribution is 2.55. The molecule has 0 spiro atoms. The fraction of sp³-hybridized carbons (Fsp3) is 0.0333. The average molecular weight is 445 g/mol. The Hall–Kier alpha value is -5.67. The highest BCUT2D eigenvalue weighted by molar-refractivity contribution is 6.12. The van der Waals surface area contributed by atoms with Gasteiger partial charge in [-0.3, -0.25) is 0 Å². The van der Waals surface area contributed by atoms with Crippen molar-refractivity contribution in [2.75, 3.05) is 0 Å². The second-order valence-electron chi connectivity index (χ2n) is 7.83. The van der Waals surface area contributed by atoms with E-state index in [-0.39, 0.29) is 0 Å². The molecule has 3 aromatic carbocycles. The lowest BCUT2D eigenvalue weighted by molar-refractivity contribution is 1.45. The molecule has 0 heterocycles. The molecule has 0 radical (unpaired) electrons. The van der Waals surface area contributed by atoms with Crippen molar-refractivity contribution in [2.24, 2.45) is 0 Å². The van der Waals surface area contributed by atoms with Crippen LogP contribution in [0.1, 0.15) is 33.4 Å². The highest BCUT2D eigenvalue weighted by Gasteiger charge is 2.41. The van der Waals surface area contributed by atoms with Gasteiger partial charge in [0, 0.05) is 16.7 Å². The van der Waals surface area contributed by atoms with Crippen LogP contribution in [-0.2, 0) is 0 Å². The van der Waals surface area contributed by atoms with Crippen LogP contribution in [0.25, 0.3) is 16.7 Å². The Kier molecular flexibility index (Phi) is 6.08. The smallest absolute Gasteiger partial charge is 0.100 e. The minimum absolute atomic E-state index is 0.320. The van der Waals surface area contributed by atoms with Crippen molar-refractivity contribution in [1.82, 2.24) is 0 Å². The molecule has 0 unspecified atom stereocenters. The van der Waals surface area contributed by atoms with Crippen LogP contribution in [0.4, 0.5) is 0 Å². The number of nitriles is 5. The molecule has 1 fully saturated rings. The van der Waals surface area contributed by atoms with E-state index < -0.39 is 0 Å². The van der Waals surface area contributed by atoms with E-state index in [9.17, 15) is 15.8 Å². The molecule has 1 aliphatic carbocycles. The molecule has 35 heavy (non-hydrogen) atoms. The molecule has 5 nitrogen and oxygen atoms in total. The van der Waals surface area contributed by atoms with Crippen LogP contribution in [0.2, 0.25) is 0 Å². The summed E-state index contributed by atoms with van der Waals surface area (Å²) in [6.45, 7) is 1.95. The molecule has 0 amide bonds. The summed E-state index contributed by atoms with van der Waals surface area (Å²) in [5.74, 6) is 0. The molecular formula is C30H15N5. The predicted molar refractivity (Wildman–Crippen MR) is 131 cm³/mol. The lowest BCUT2D eigenvalue weighted by atomic mass is 10.0. The van der Waals surface area contributed by atoms with Crippen LogP contribution in [-0.4, -0.2) is 0 Å². The summed E-state index contributed by atoms with van der Waals surface area (Å²) in [6, 6.07) is 31.6. The van der Waals surface area contributed by atoms with Gasteiger partial charge in [-0.05, 0) is 47.9 Å². The van der Waals surface area contributed by atoms with Crippen LogP contribution in [0.5, 0.6) is 0 Å². The maximum Gasteiger partial charge on any atom is 0.100 e. The molecule has 0 N–H and O–H groups in total. The molecular weight excluding hydrogens is 430 g/mol. The fourth-order valence-electron chi connectivity index (χ4n) is 3.87. The molecule has 3 aromatic rings. The largest absolute Gasteiger partial charge is 0.192 e. The zero-order chi connectivity index (χ0) is 24.9. The zero-order valence-corrected chi connectivity index (χ0v) is 18.7. The normalized spacial score (nSPS) is 14.3. The number of hydrogen-bond donors (Lipinski definition) is 0. The summed E-state index contributed by atoms with van der Waals surface area (Å²) in [5.41, 5.74) is 6.48. The summed E-state index contributed by atoms with van der Waals surface area (Å²) in [7, 11) is 0. The highest BCUT2D eigenvalue weighted by atomic mass is 14.4. The Morgan fingerprint density at radius 1 is 0.457 bits per heavy atom. The van der Waals surface area contributed by atoms with Gasteiger partial charge in [0.2, 0.25) is 0 Å². The Morgan fingerprint density at radius 2 is 0.743 bits per heavy atom. The monoisotopic (exact) mass is 445 g/mol. The van der Waals surface area contributed by atoms with E-state index in [1.165, 1.54) is 0 Å². The lowest BCUT2D eigenvalue weighted by Gasteiger charge is -1.99. The third-order valence-corrected chi connectivity index (χ3v) is 5.72. The molecule has 4 rings (SSSR count). The van der Waals surface area contributed by atoms with Crippen molar-refractivity contribution < 1.29 is 0 Å². The van der Waals surface area contributed by atoms with Crippen LogP contribution in [0.3, 0.4) is 0 Å². The van der Waals surface area contributed by atoms with Gasteiger partial charge in [-0.1, -0.05) is 54.1 Å². The topological polar surface area (TPSA) is 119 Å². The maximum absolute atomic E-state index is 10.1. The van der Waals surface area contributed by atoms with Gasteiger partial charge in [-0.2, -0.15) is 26.3 Å². The molecule has 0 saturated heterocycles. The molecule has 0 bridgehead atoms. The Labute approximate surface area is 203 Å². The predicted octanol–water partition coefficient (Wildman–Crippen LogP) is 5.98. The number of nitrogens with zero attached hydrogens (tertiary/aromatic N) is 5. The van der Waals surface area contributed by atoms with Crippen molar-refractivity contribution in [1.29, 1.82) is 26.3 Å². The first-order chi connectivity index (χ1) is 17.1. The van der Waals surface area contributed by atoms with E-state index in [2.05, 4.69) is 30.3 Å². The maximum atomic E-state index is 10.1. The summed E-state index contributed by atoms with van der Waals surface area (Å²) in [6.07, 6.45) is 0. The average Bonchev–Trinajstić information content (AvgIpc) is 3.61. The van der Waals surface area contributed by atoms with E-state index in [4.69, 9.17) is 10.5 Å². The number of rotatable bonds is 3. The van der Waals surface area contributed by atoms with Gasteiger partial charge in [-0.25, -0.2) is 0 Å². The quantitative estimate of drug-likeness (QED) is 0.459. The number of benzene rings is 3. The van der Waals surface area contributed by atoms with Crippen LogP contribution < -0.4 is 0 Å². The van der Waals surface area contributed by atoms with Gasteiger partial charge < -0.3 is 0 Å². The van der Waals surface area contributed by atoms with Crippen LogP contribution in [0.15, 0.2) is 89.5 Å². The Bertz CT molecular complexity index is 1550. The summed E-state index contributed by atoms with van der Waals surface area (Å²) in [4.78, 5) is 0. The van der Waals surface area contributed by atoms with Crippen LogP contribution >= 0.6 is 0 Å². The molecule has 1 aliphatic rings. The van der Waals surface area contributed by atoms with Gasteiger partial charge in [0.25, 0.3) is 0 Å². The number of allylic oxidation sites excluding steroid dienone is 6. The first kappa shape index (κ1) is 22.5. The second-order valence-corrected chi connectivity index (χ2v) is 7.83. The number of aryl methyl sites for hydroxylation is 1. The van der Waals surface area contributed by atoms with Gasteiger partial charge >= 0.3 is 0 Å². The SMILES string of the molecule is Cc1ccc(C(C#N)=C2C(=C(C#N)c3ccc(C#N)cc3)C2=C(C#N)c2ccc(C#N)cc2)cc1. The van der Waals surface area contributed by atoms with Crippen molar-refractivity contribution in [3.8, 4) is 30.3 Å². The van der Waals surface area contributed by atoms with Crippen molar-refractivity contribution in [3.05, 3.63) is 123 Å². The van der Waals surface area contributed by atoms with Crippen molar-refractivity contribution in [3.63, 3.8) is 0 Å². The molecule has 160 valence electrons. The standard InChI is InChI=1S/C30H15N5/c1-19-2-8-22(9-3-19)25(16-33)28-29(26(17-34)23-10-4-20(14-31)5-11-23)30(28)27(18-35)24-12-6-21(15-32)7-13-24/h2-13H,1H3. The first-order valence-electron chi connectivity index (χ1n) is 10.6. The summed E-state index contributed by atoms with van der Waals surface area (Å²) in [5, 5.41) is 48.5. The fourth-order valence-corrected chi connectivity index (χ4v) is 3.87. The Morgan fingerprint density at radius 3 is 1.00 bits per heavy atom. The van der Waals surface area contributed by atoms with Gasteiger partial charge in [0.1, 0.15) is 18.2 Å². The van der Waals surface area contributed by atoms with E-state index in [1.807, 2.05) is 31.2 Å². The molecule has 5 heteroatoms. The summed E-state index contributed by atoms with van der Waals surface area (Å²) >= 11 is 0. The summed E-state index contributed by atoms with van der Waals surface area (Å²) < 4.78 is 0. The van der Waals surface area contributed by atoms with E-state index in [1.54, 1.807) is 48.5 Å². The van der Waals surface area contributed by atoms with E-state index in [0.29, 0.717) is 61.3 Å². The van der Waals surface area contributed by atoms with Gasteiger partial charge in [-0.15, -0.1) is 0 Å². The molecule has 1 saturated carbocycles. The van der Waals surface area contributed by atoms with Gasteiger partial charge in [0.05, 0.1) is 40.0 Å². The minimum atomic E-state index is 0.320. The van der Waals surface area contributed by atoms with E-state index >= 15 is 0 Å². The first-order valence-corrected chi connectivity index (χ1v) is 10.6. The molecule has 0 aromatic heterocycles. The Balaban J connectivity index is 2.04. The zero-order valence-electron chi connectivity index (χ0n) is 18.7. The minimum Gasteiger partial charge on any atom is -0.192 e. The third kappa shape index (κ3) is 4.21. The molecule has 0 atom stereocenters. The second kappa shape index (κ2) is 9.45. The van der Waals surface area contributed by atoms with Crippen molar-refractivity contribution >= 4 is 16.7 Å². The third-order valence-electron chi connectivity index (χ3n) is 5.72. The number of hydrogen-bond acceptors (Lipinski definition) is 5. The van der Waals surface area contributed by atoms with E-state index in [0.717, 1.165) is 5.56 Å². The van der Waals surface area contributed by atoms with Gasteiger partial charge in [0.15, 0.2) is 0 Å².